The highest BCUT2D eigenvalue weighted by Gasteiger charge is 2.27. The van der Waals surface area contributed by atoms with Gasteiger partial charge in [0.25, 0.3) is 0 Å². The second kappa shape index (κ2) is 7.17. The van der Waals surface area contributed by atoms with Crippen LogP contribution < -0.4 is 0 Å². The van der Waals surface area contributed by atoms with E-state index in [2.05, 4.69) is 0 Å². The molecule has 0 aliphatic heterocycles. The van der Waals surface area contributed by atoms with Crippen molar-refractivity contribution in [2.24, 2.45) is 0 Å². The summed E-state index contributed by atoms with van der Waals surface area (Å²) in [6.07, 6.45) is 0. The fraction of sp³-hybridized carbons (Fsp3) is 0.571. The van der Waals surface area contributed by atoms with Crippen molar-refractivity contribution in [2.45, 2.75) is 38.3 Å². The molecule has 0 saturated heterocycles. The lowest BCUT2D eigenvalue weighted by Crippen LogP contribution is -2.40. The third-order valence-electron chi connectivity index (χ3n) is 3.31. The number of aliphatic hydroxyl groups excluding tert-OH is 1. The van der Waals surface area contributed by atoms with Gasteiger partial charge < -0.3 is 9.84 Å². The van der Waals surface area contributed by atoms with Gasteiger partial charge in [0.1, 0.15) is 0 Å². The third kappa shape index (κ3) is 3.58. The van der Waals surface area contributed by atoms with Crippen molar-refractivity contribution >= 4 is 10.0 Å². The second-order valence-corrected chi connectivity index (χ2v) is 6.65. The average molecular weight is 301 g/mol. The van der Waals surface area contributed by atoms with Crippen molar-refractivity contribution in [3.05, 3.63) is 29.3 Å². The maximum Gasteiger partial charge on any atom is 0.243 e. The van der Waals surface area contributed by atoms with E-state index in [1.807, 2.05) is 13.8 Å². The van der Waals surface area contributed by atoms with E-state index in [0.717, 1.165) is 5.56 Å². The van der Waals surface area contributed by atoms with Crippen molar-refractivity contribution < 1.29 is 18.3 Å². The first-order chi connectivity index (χ1) is 9.38. The first-order valence-electron chi connectivity index (χ1n) is 6.59. The largest absolute Gasteiger partial charge is 0.392 e. The number of hydrogen-bond donors (Lipinski definition) is 1. The van der Waals surface area contributed by atoms with Gasteiger partial charge in [-0.1, -0.05) is 13.0 Å². The Morgan fingerprint density at radius 3 is 2.55 bits per heavy atom. The Bertz CT molecular complexity index is 542. The molecule has 0 radical (unpaired) electrons. The van der Waals surface area contributed by atoms with Gasteiger partial charge in [0.15, 0.2) is 0 Å². The zero-order valence-electron chi connectivity index (χ0n) is 12.5. The summed E-state index contributed by atoms with van der Waals surface area (Å²) in [5.74, 6) is 0. The number of rotatable bonds is 7. The van der Waals surface area contributed by atoms with Gasteiger partial charge in [-0.2, -0.15) is 4.31 Å². The molecule has 1 aromatic carbocycles. The predicted molar refractivity (Wildman–Crippen MR) is 78.0 cm³/mol. The molecular weight excluding hydrogens is 278 g/mol. The number of ether oxygens (including phenoxy) is 1. The topological polar surface area (TPSA) is 66.8 Å². The lowest BCUT2D eigenvalue weighted by atomic mass is 10.1. The standard InChI is InChI=1S/C14H23NO4S/c1-5-15(12(3)10-19-4)20(17,18)14-7-6-11(2)13(8-14)9-16/h6-8,12,16H,5,9-10H2,1-4H3. The molecular formula is C14H23NO4S. The lowest BCUT2D eigenvalue weighted by Gasteiger charge is -2.27. The molecule has 6 heteroatoms. The molecule has 0 saturated carbocycles. The number of aliphatic hydroxyl groups is 1. The lowest BCUT2D eigenvalue weighted by molar-refractivity contribution is 0.142. The van der Waals surface area contributed by atoms with Crippen LogP contribution in [0.5, 0.6) is 0 Å². The summed E-state index contributed by atoms with van der Waals surface area (Å²) in [7, 11) is -2.03. The van der Waals surface area contributed by atoms with Gasteiger partial charge in [-0.3, -0.25) is 0 Å². The molecule has 0 heterocycles. The van der Waals surface area contributed by atoms with E-state index in [9.17, 15) is 13.5 Å². The minimum absolute atomic E-state index is 0.172. The molecule has 0 amide bonds. The fourth-order valence-corrected chi connectivity index (χ4v) is 3.83. The molecule has 1 atom stereocenters. The van der Waals surface area contributed by atoms with Crippen LogP contribution in [-0.4, -0.2) is 44.1 Å². The molecule has 0 aliphatic rings. The van der Waals surface area contributed by atoms with Crippen molar-refractivity contribution in [1.82, 2.24) is 4.31 Å². The highest BCUT2D eigenvalue weighted by atomic mass is 32.2. The molecule has 0 aromatic heterocycles. The van der Waals surface area contributed by atoms with Gasteiger partial charge in [-0.15, -0.1) is 0 Å². The van der Waals surface area contributed by atoms with Gasteiger partial charge >= 0.3 is 0 Å². The Morgan fingerprint density at radius 1 is 1.40 bits per heavy atom. The van der Waals surface area contributed by atoms with Gasteiger partial charge in [0, 0.05) is 19.7 Å². The van der Waals surface area contributed by atoms with Crippen molar-refractivity contribution in [3.63, 3.8) is 0 Å². The van der Waals surface area contributed by atoms with Crippen LogP contribution in [0.1, 0.15) is 25.0 Å². The minimum Gasteiger partial charge on any atom is -0.392 e. The number of likely N-dealkylation sites (N-methyl/N-ethyl adjacent to an activating group) is 1. The Balaban J connectivity index is 3.20. The molecule has 0 aliphatic carbocycles. The van der Waals surface area contributed by atoms with Gasteiger partial charge in [0.05, 0.1) is 18.1 Å². The Morgan fingerprint density at radius 2 is 2.05 bits per heavy atom. The predicted octanol–water partition coefficient (Wildman–Crippen LogP) is 1.53. The van der Waals surface area contributed by atoms with E-state index in [4.69, 9.17) is 4.74 Å². The number of methoxy groups -OCH3 is 1. The van der Waals surface area contributed by atoms with Gasteiger partial charge in [-0.25, -0.2) is 8.42 Å². The molecule has 1 aromatic rings. The van der Waals surface area contributed by atoms with Crippen LogP contribution in [0.4, 0.5) is 0 Å². The highest BCUT2D eigenvalue weighted by molar-refractivity contribution is 7.89. The van der Waals surface area contributed by atoms with Gasteiger partial charge in [-0.05, 0) is 37.1 Å². The van der Waals surface area contributed by atoms with Gasteiger partial charge in [0.2, 0.25) is 10.0 Å². The summed E-state index contributed by atoms with van der Waals surface area (Å²) in [6, 6.07) is 4.58. The maximum absolute atomic E-state index is 12.6. The average Bonchev–Trinajstić information content (AvgIpc) is 2.39. The summed E-state index contributed by atoms with van der Waals surface area (Å²) >= 11 is 0. The van der Waals surface area contributed by atoms with Crippen LogP contribution in [0, 0.1) is 6.92 Å². The van der Waals surface area contributed by atoms with Crippen molar-refractivity contribution in [3.8, 4) is 0 Å². The van der Waals surface area contributed by atoms with E-state index < -0.39 is 10.0 Å². The van der Waals surface area contributed by atoms with Crippen LogP contribution in [0.2, 0.25) is 0 Å². The molecule has 0 fully saturated rings. The molecule has 0 spiro atoms. The smallest absolute Gasteiger partial charge is 0.243 e. The van der Waals surface area contributed by atoms with Crippen LogP contribution in [0.15, 0.2) is 23.1 Å². The Kier molecular flexibility index (Phi) is 6.13. The third-order valence-corrected chi connectivity index (χ3v) is 5.39. The first kappa shape index (κ1) is 17.1. The molecule has 0 bridgehead atoms. The number of hydrogen-bond acceptors (Lipinski definition) is 4. The van der Waals surface area contributed by atoms with E-state index in [-0.39, 0.29) is 17.5 Å². The molecule has 1 rings (SSSR count). The zero-order chi connectivity index (χ0) is 15.3. The number of nitrogens with zero attached hydrogens (tertiary/aromatic N) is 1. The number of sulfonamides is 1. The van der Waals surface area contributed by atoms with E-state index in [1.54, 1.807) is 26.2 Å². The molecule has 5 nitrogen and oxygen atoms in total. The van der Waals surface area contributed by atoms with Crippen LogP contribution in [0.25, 0.3) is 0 Å². The minimum atomic E-state index is -3.58. The van der Waals surface area contributed by atoms with Crippen molar-refractivity contribution in [2.75, 3.05) is 20.3 Å². The normalized spacial score (nSPS) is 13.7. The van der Waals surface area contributed by atoms with Crippen LogP contribution >= 0.6 is 0 Å². The van der Waals surface area contributed by atoms with Crippen LogP contribution in [0.3, 0.4) is 0 Å². The Hall–Kier alpha value is -0.950. The van der Waals surface area contributed by atoms with Crippen LogP contribution in [-0.2, 0) is 21.4 Å². The fourth-order valence-electron chi connectivity index (χ4n) is 2.16. The zero-order valence-corrected chi connectivity index (χ0v) is 13.3. The van der Waals surface area contributed by atoms with E-state index in [1.165, 1.54) is 10.4 Å². The molecule has 114 valence electrons. The number of benzene rings is 1. The summed E-state index contributed by atoms with van der Waals surface area (Å²) in [6.45, 7) is 5.99. The SMILES string of the molecule is CCN(C(C)COC)S(=O)(=O)c1ccc(C)c(CO)c1. The summed E-state index contributed by atoms with van der Waals surface area (Å²) in [5, 5.41) is 9.27. The Labute approximate surface area is 121 Å². The number of aryl methyl sites for hydroxylation is 1. The molecule has 20 heavy (non-hydrogen) atoms. The van der Waals surface area contributed by atoms with E-state index >= 15 is 0 Å². The first-order valence-corrected chi connectivity index (χ1v) is 8.03. The summed E-state index contributed by atoms with van der Waals surface area (Å²) < 4.78 is 31.7. The summed E-state index contributed by atoms with van der Waals surface area (Å²) in [5.41, 5.74) is 1.50. The second-order valence-electron chi connectivity index (χ2n) is 4.76. The maximum atomic E-state index is 12.6. The van der Waals surface area contributed by atoms with E-state index in [0.29, 0.717) is 18.7 Å². The highest BCUT2D eigenvalue weighted by Crippen LogP contribution is 2.21. The quantitative estimate of drug-likeness (QED) is 0.829. The summed E-state index contributed by atoms with van der Waals surface area (Å²) in [4.78, 5) is 0.206. The molecule has 1 N–H and O–H groups in total. The monoisotopic (exact) mass is 301 g/mol. The molecule has 1 unspecified atom stereocenters. The van der Waals surface area contributed by atoms with Crippen molar-refractivity contribution in [1.29, 1.82) is 0 Å².